The molecule has 0 atom stereocenters. The molecule has 23 heavy (non-hydrogen) atoms. The van der Waals surface area contributed by atoms with Crippen LogP contribution in [0.3, 0.4) is 0 Å². The van der Waals surface area contributed by atoms with Crippen molar-refractivity contribution in [2.75, 3.05) is 6.54 Å². The van der Waals surface area contributed by atoms with Gasteiger partial charge < -0.3 is 5.32 Å². The first kappa shape index (κ1) is 15.0. The van der Waals surface area contributed by atoms with Crippen LogP contribution in [0.1, 0.15) is 21.5 Å². The first-order valence-electron chi connectivity index (χ1n) is 7.70. The van der Waals surface area contributed by atoms with Crippen LogP contribution < -0.4 is 5.32 Å². The third kappa shape index (κ3) is 4.30. The summed E-state index contributed by atoms with van der Waals surface area (Å²) in [5.41, 5.74) is 2.97. The van der Waals surface area contributed by atoms with E-state index in [0.29, 0.717) is 18.7 Å². The number of rotatable bonds is 6. The Bertz CT molecular complexity index is 751. The maximum absolute atomic E-state index is 12.3. The summed E-state index contributed by atoms with van der Waals surface area (Å²) in [5, 5.41) is 7.16. The van der Waals surface area contributed by atoms with E-state index in [2.05, 4.69) is 22.5 Å². The zero-order chi connectivity index (χ0) is 15.9. The highest BCUT2D eigenvalue weighted by Crippen LogP contribution is 2.07. The summed E-state index contributed by atoms with van der Waals surface area (Å²) in [6.45, 7) is 1.30. The van der Waals surface area contributed by atoms with Gasteiger partial charge >= 0.3 is 0 Å². The fourth-order valence-corrected chi connectivity index (χ4v) is 2.46. The summed E-state index contributed by atoms with van der Waals surface area (Å²) in [7, 11) is 0. The van der Waals surface area contributed by atoms with Crippen LogP contribution in [0.2, 0.25) is 0 Å². The van der Waals surface area contributed by atoms with E-state index < -0.39 is 0 Å². The zero-order valence-electron chi connectivity index (χ0n) is 12.9. The third-order valence-electron chi connectivity index (χ3n) is 3.63. The van der Waals surface area contributed by atoms with Crippen molar-refractivity contribution in [1.29, 1.82) is 0 Å². The van der Waals surface area contributed by atoms with E-state index in [-0.39, 0.29) is 5.91 Å². The minimum Gasteiger partial charge on any atom is -0.352 e. The van der Waals surface area contributed by atoms with Gasteiger partial charge in [0.25, 0.3) is 5.91 Å². The second kappa shape index (κ2) is 7.40. The van der Waals surface area contributed by atoms with Crippen LogP contribution in [0.25, 0.3) is 0 Å². The van der Waals surface area contributed by atoms with Gasteiger partial charge in [0, 0.05) is 24.5 Å². The Hall–Kier alpha value is -2.88. The minimum absolute atomic E-state index is 0.0387. The van der Waals surface area contributed by atoms with Gasteiger partial charge in [0.05, 0.1) is 6.54 Å². The van der Waals surface area contributed by atoms with Crippen molar-refractivity contribution in [1.82, 2.24) is 15.1 Å². The Morgan fingerprint density at radius 3 is 2.61 bits per heavy atom. The standard InChI is InChI=1S/C19H19N3O/c23-19(20-12-10-16-6-2-1-3-7-16)18-9-4-8-17(14-18)15-22-13-5-11-21-22/h1-9,11,13-14H,10,12,15H2,(H,20,23). The van der Waals surface area contributed by atoms with Crippen molar-refractivity contribution in [3.63, 3.8) is 0 Å². The molecule has 0 aliphatic carbocycles. The van der Waals surface area contributed by atoms with Gasteiger partial charge in [-0.15, -0.1) is 0 Å². The minimum atomic E-state index is -0.0387. The molecule has 116 valence electrons. The molecule has 2 aromatic carbocycles. The van der Waals surface area contributed by atoms with E-state index >= 15 is 0 Å². The van der Waals surface area contributed by atoms with Gasteiger partial charge in [-0.05, 0) is 35.7 Å². The van der Waals surface area contributed by atoms with E-state index in [1.165, 1.54) is 5.56 Å². The molecule has 0 aliphatic rings. The number of aromatic nitrogens is 2. The van der Waals surface area contributed by atoms with Crippen LogP contribution in [0.15, 0.2) is 73.1 Å². The molecule has 4 heteroatoms. The number of amides is 1. The number of carbonyl (C=O) groups excluding carboxylic acids is 1. The molecule has 1 amide bonds. The summed E-state index contributed by atoms with van der Waals surface area (Å²) < 4.78 is 1.84. The fraction of sp³-hybridized carbons (Fsp3) is 0.158. The van der Waals surface area contributed by atoms with Gasteiger partial charge in [-0.2, -0.15) is 5.10 Å². The summed E-state index contributed by atoms with van der Waals surface area (Å²) in [4.78, 5) is 12.3. The molecule has 0 radical (unpaired) electrons. The molecule has 4 nitrogen and oxygen atoms in total. The van der Waals surface area contributed by atoms with Gasteiger partial charge in [-0.1, -0.05) is 42.5 Å². The second-order valence-electron chi connectivity index (χ2n) is 5.40. The number of carbonyl (C=O) groups is 1. The van der Waals surface area contributed by atoms with Gasteiger partial charge in [0.2, 0.25) is 0 Å². The van der Waals surface area contributed by atoms with Crippen LogP contribution in [-0.4, -0.2) is 22.2 Å². The lowest BCUT2D eigenvalue weighted by atomic mass is 10.1. The fourth-order valence-electron chi connectivity index (χ4n) is 2.46. The van der Waals surface area contributed by atoms with Crippen LogP contribution in [0.5, 0.6) is 0 Å². The van der Waals surface area contributed by atoms with Crippen molar-refractivity contribution in [3.05, 3.63) is 89.7 Å². The Morgan fingerprint density at radius 2 is 1.83 bits per heavy atom. The summed E-state index contributed by atoms with van der Waals surface area (Å²) in [6.07, 6.45) is 4.49. The highest BCUT2D eigenvalue weighted by Gasteiger charge is 2.06. The van der Waals surface area contributed by atoms with Crippen LogP contribution in [0, 0.1) is 0 Å². The largest absolute Gasteiger partial charge is 0.352 e. The predicted molar refractivity (Wildman–Crippen MR) is 90.3 cm³/mol. The lowest BCUT2D eigenvalue weighted by Crippen LogP contribution is -2.25. The molecule has 0 unspecified atom stereocenters. The molecular weight excluding hydrogens is 286 g/mol. The van der Waals surface area contributed by atoms with Gasteiger partial charge in [-0.3, -0.25) is 9.48 Å². The second-order valence-corrected chi connectivity index (χ2v) is 5.40. The number of hydrogen-bond donors (Lipinski definition) is 1. The van der Waals surface area contributed by atoms with Gasteiger partial charge in [0.15, 0.2) is 0 Å². The SMILES string of the molecule is O=C(NCCc1ccccc1)c1cccc(Cn2cccn2)c1. The maximum atomic E-state index is 12.3. The molecule has 3 rings (SSSR count). The topological polar surface area (TPSA) is 46.9 Å². The summed E-state index contributed by atoms with van der Waals surface area (Å²) in [6, 6.07) is 19.7. The Balaban J connectivity index is 1.56. The molecule has 0 aliphatic heterocycles. The molecular formula is C19H19N3O. The number of hydrogen-bond acceptors (Lipinski definition) is 2. The van der Waals surface area contributed by atoms with Crippen molar-refractivity contribution < 1.29 is 4.79 Å². The lowest BCUT2D eigenvalue weighted by Gasteiger charge is -2.07. The summed E-state index contributed by atoms with van der Waals surface area (Å²) >= 11 is 0. The molecule has 0 spiro atoms. The monoisotopic (exact) mass is 305 g/mol. The van der Waals surface area contributed by atoms with E-state index in [9.17, 15) is 4.79 Å². The zero-order valence-corrected chi connectivity index (χ0v) is 12.9. The lowest BCUT2D eigenvalue weighted by molar-refractivity contribution is 0.0954. The number of nitrogens with zero attached hydrogens (tertiary/aromatic N) is 2. The predicted octanol–water partition coefficient (Wildman–Crippen LogP) is 2.90. The number of benzene rings is 2. The molecule has 0 saturated heterocycles. The molecule has 0 bridgehead atoms. The molecule has 1 aromatic heterocycles. The van der Waals surface area contributed by atoms with E-state index in [1.54, 1.807) is 6.20 Å². The van der Waals surface area contributed by atoms with Gasteiger partial charge in [0.1, 0.15) is 0 Å². The third-order valence-corrected chi connectivity index (χ3v) is 3.63. The average Bonchev–Trinajstić information content (AvgIpc) is 3.09. The van der Waals surface area contributed by atoms with E-state index in [4.69, 9.17) is 0 Å². The molecule has 3 aromatic rings. The molecule has 1 N–H and O–H groups in total. The van der Waals surface area contributed by atoms with Crippen molar-refractivity contribution in [2.24, 2.45) is 0 Å². The van der Waals surface area contributed by atoms with Crippen molar-refractivity contribution >= 4 is 5.91 Å². The number of nitrogens with one attached hydrogen (secondary N) is 1. The Kier molecular flexibility index (Phi) is 4.84. The normalized spacial score (nSPS) is 10.4. The first-order valence-corrected chi connectivity index (χ1v) is 7.70. The van der Waals surface area contributed by atoms with Gasteiger partial charge in [-0.25, -0.2) is 0 Å². The Morgan fingerprint density at radius 1 is 1.00 bits per heavy atom. The Labute approximate surface area is 135 Å². The van der Waals surface area contributed by atoms with E-state index in [1.807, 2.05) is 59.4 Å². The molecule has 1 heterocycles. The van der Waals surface area contributed by atoms with Crippen molar-refractivity contribution in [3.8, 4) is 0 Å². The maximum Gasteiger partial charge on any atom is 0.251 e. The average molecular weight is 305 g/mol. The first-order chi connectivity index (χ1) is 11.3. The van der Waals surface area contributed by atoms with E-state index in [0.717, 1.165) is 12.0 Å². The summed E-state index contributed by atoms with van der Waals surface area (Å²) in [5.74, 6) is -0.0387. The quantitative estimate of drug-likeness (QED) is 0.761. The van der Waals surface area contributed by atoms with Crippen LogP contribution in [-0.2, 0) is 13.0 Å². The molecule has 0 fully saturated rings. The highest BCUT2D eigenvalue weighted by atomic mass is 16.1. The highest BCUT2D eigenvalue weighted by molar-refractivity contribution is 5.94. The van der Waals surface area contributed by atoms with Crippen molar-refractivity contribution in [2.45, 2.75) is 13.0 Å². The van der Waals surface area contributed by atoms with Crippen LogP contribution >= 0.6 is 0 Å². The van der Waals surface area contributed by atoms with Crippen LogP contribution in [0.4, 0.5) is 0 Å². The smallest absolute Gasteiger partial charge is 0.251 e. The molecule has 0 saturated carbocycles.